The summed E-state index contributed by atoms with van der Waals surface area (Å²) in [4.78, 5) is 28.4. The molecule has 1 atom stereocenters. The van der Waals surface area contributed by atoms with Crippen LogP contribution >= 0.6 is 0 Å². The molecule has 1 aromatic heterocycles. The highest BCUT2D eigenvalue weighted by Crippen LogP contribution is 2.29. The minimum Gasteiger partial charge on any atom is -0.377 e. The zero-order valence-corrected chi connectivity index (χ0v) is 21.4. The van der Waals surface area contributed by atoms with E-state index in [1.807, 2.05) is 11.8 Å². The molecule has 0 unspecified atom stereocenters. The molecule has 0 radical (unpaired) electrons. The van der Waals surface area contributed by atoms with Crippen molar-refractivity contribution in [2.24, 2.45) is 0 Å². The van der Waals surface area contributed by atoms with Crippen LogP contribution in [0.25, 0.3) is 22.8 Å². The van der Waals surface area contributed by atoms with Crippen LogP contribution in [-0.2, 0) is 19.3 Å². The van der Waals surface area contributed by atoms with Gasteiger partial charge in [0.1, 0.15) is 0 Å². The van der Waals surface area contributed by atoms with Crippen LogP contribution in [0, 0.1) is 0 Å². The quantitative estimate of drug-likeness (QED) is 0.498. The van der Waals surface area contributed by atoms with Crippen molar-refractivity contribution in [3.63, 3.8) is 0 Å². The maximum absolute atomic E-state index is 12.5. The second kappa shape index (κ2) is 10.4. The van der Waals surface area contributed by atoms with Crippen molar-refractivity contribution in [3.05, 3.63) is 48.5 Å². The van der Waals surface area contributed by atoms with E-state index < -0.39 is 9.84 Å². The zero-order valence-electron chi connectivity index (χ0n) is 20.5. The molecule has 2 saturated heterocycles. The zero-order chi connectivity index (χ0) is 26.0. The number of amides is 2. The van der Waals surface area contributed by atoms with Gasteiger partial charge in [0.15, 0.2) is 21.5 Å². The van der Waals surface area contributed by atoms with Gasteiger partial charge in [0.25, 0.3) is 0 Å². The normalized spacial score (nSPS) is 18.2. The number of carbonyl (C=O) groups is 1. The molecule has 0 saturated carbocycles. The van der Waals surface area contributed by atoms with E-state index in [-0.39, 0.29) is 28.8 Å². The highest BCUT2D eigenvalue weighted by molar-refractivity contribution is 7.90. The minimum atomic E-state index is -3.52. The molecule has 2 aromatic carbocycles. The number of ether oxygens (including phenoxy) is 2. The molecule has 2 N–H and O–H groups in total. The van der Waals surface area contributed by atoms with E-state index in [4.69, 9.17) is 14.5 Å². The topological polar surface area (TPSA) is 136 Å². The van der Waals surface area contributed by atoms with Crippen LogP contribution in [-0.4, -0.2) is 80.7 Å². The van der Waals surface area contributed by atoms with Crippen LogP contribution in [0.2, 0.25) is 0 Å². The minimum absolute atomic E-state index is 0.0266. The van der Waals surface area contributed by atoms with Crippen molar-refractivity contribution in [2.45, 2.75) is 23.9 Å². The maximum atomic E-state index is 12.5. The van der Waals surface area contributed by atoms with Crippen LogP contribution in [0.3, 0.4) is 0 Å². The molecular formula is C25H28N6O5S. The number of benzene rings is 2. The van der Waals surface area contributed by atoms with Gasteiger partial charge in [-0.25, -0.2) is 18.2 Å². The summed E-state index contributed by atoms with van der Waals surface area (Å²) in [6.45, 7) is 4.72. The van der Waals surface area contributed by atoms with Crippen molar-refractivity contribution in [2.75, 3.05) is 49.4 Å². The van der Waals surface area contributed by atoms with E-state index >= 15 is 0 Å². The summed E-state index contributed by atoms with van der Waals surface area (Å²) in [5.41, 5.74) is 1.71. The molecule has 194 valence electrons. The standard InChI is InChI=1S/C25H28N6O5S/c1-16-13-35-12-11-31(16)24-29-22(28-23(30-24)20-5-3-4-6-21(20)37(2,33)34)17-7-9-18(10-8-17)26-25(32)27-19-14-36-15-19/h3-10,16,19H,11-15H2,1-2H3,(H2,26,27,32)/t16-/m0/s1. The first-order valence-electron chi connectivity index (χ1n) is 11.9. The van der Waals surface area contributed by atoms with Gasteiger partial charge in [-0.2, -0.15) is 9.97 Å². The summed E-state index contributed by atoms with van der Waals surface area (Å²) in [6, 6.07) is 13.6. The van der Waals surface area contributed by atoms with Gasteiger partial charge in [-0.15, -0.1) is 0 Å². The Morgan fingerprint density at radius 3 is 2.38 bits per heavy atom. The van der Waals surface area contributed by atoms with Crippen LogP contribution in [0.4, 0.5) is 16.4 Å². The molecule has 0 bridgehead atoms. The molecule has 2 aliphatic rings. The Morgan fingerprint density at radius 2 is 1.70 bits per heavy atom. The molecule has 0 aliphatic carbocycles. The molecule has 37 heavy (non-hydrogen) atoms. The van der Waals surface area contributed by atoms with Gasteiger partial charge in [-0.05, 0) is 43.3 Å². The van der Waals surface area contributed by atoms with E-state index in [0.717, 1.165) is 0 Å². The first kappa shape index (κ1) is 25.1. The summed E-state index contributed by atoms with van der Waals surface area (Å²) < 4.78 is 35.6. The number of carbonyl (C=O) groups excluding carboxylic acids is 1. The SMILES string of the molecule is C[C@H]1COCCN1c1nc(-c2ccc(NC(=O)NC3COC3)cc2)nc(-c2ccccc2S(C)(=O)=O)n1. The van der Waals surface area contributed by atoms with Crippen LogP contribution in [0.5, 0.6) is 0 Å². The molecule has 11 nitrogen and oxygen atoms in total. The molecule has 5 rings (SSSR count). The average molecular weight is 525 g/mol. The summed E-state index contributed by atoms with van der Waals surface area (Å²) >= 11 is 0. The van der Waals surface area contributed by atoms with Gasteiger partial charge in [0.05, 0.1) is 43.4 Å². The van der Waals surface area contributed by atoms with Crippen molar-refractivity contribution in [1.82, 2.24) is 20.3 Å². The predicted molar refractivity (Wildman–Crippen MR) is 138 cm³/mol. The van der Waals surface area contributed by atoms with Crippen molar-refractivity contribution in [1.29, 1.82) is 0 Å². The summed E-state index contributed by atoms with van der Waals surface area (Å²) in [7, 11) is -3.52. The number of sulfone groups is 1. The van der Waals surface area contributed by atoms with E-state index in [9.17, 15) is 13.2 Å². The van der Waals surface area contributed by atoms with Gasteiger partial charge in [0, 0.05) is 29.6 Å². The number of aromatic nitrogens is 3. The van der Waals surface area contributed by atoms with Gasteiger partial charge in [-0.3, -0.25) is 0 Å². The number of morpholine rings is 1. The third kappa shape index (κ3) is 5.71. The number of nitrogens with zero attached hydrogens (tertiary/aromatic N) is 4. The third-order valence-corrected chi connectivity index (χ3v) is 7.30. The lowest BCUT2D eigenvalue weighted by Gasteiger charge is -2.33. The molecule has 2 fully saturated rings. The van der Waals surface area contributed by atoms with E-state index in [2.05, 4.69) is 20.6 Å². The summed E-state index contributed by atoms with van der Waals surface area (Å²) in [5.74, 6) is 1.11. The van der Waals surface area contributed by atoms with E-state index in [1.165, 1.54) is 6.26 Å². The third-order valence-electron chi connectivity index (χ3n) is 6.15. The summed E-state index contributed by atoms with van der Waals surface area (Å²) in [5, 5.41) is 5.63. The highest BCUT2D eigenvalue weighted by atomic mass is 32.2. The first-order valence-corrected chi connectivity index (χ1v) is 13.8. The van der Waals surface area contributed by atoms with Crippen LogP contribution < -0.4 is 15.5 Å². The molecule has 3 aromatic rings. The van der Waals surface area contributed by atoms with Crippen molar-refractivity contribution in [3.8, 4) is 22.8 Å². The number of anilines is 2. The van der Waals surface area contributed by atoms with Gasteiger partial charge in [0.2, 0.25) is 5.95 Å². The van der Waals surface area contributed by atoms with Gasteiger partial charge < -0.3 is 25.0 Å². The molecule has 3 heterocycles. The average Bonchev–Trinajstić information content (AvgIpc) is 2.86. The number of hydrogen-bond acceptors (Lipinski definition) is 9. The second-order valence-corrected chi connectivity index (χ2v) is 11.1. The Kier molecular flexibility index (Phi) is 7.04. The maximum Gasteiger partial charge on any atom is 0.319 e. The van der Waals surface area contributed by atoms with Crippen LogP contribution in [0.1, 0.15) is 6.92 Å². The smallest absolute Gasteiger partial charge is 0.319 e. The highest BCUT2D eigenvalue weighted by Gasteiger charge is 2.25. The predicted octanol–water partition coefficient (Wildman–Crippen LogP) is 2.35. The van der Waals surface area contributed by atoms with Crippen molar-refractivity contribution >= 4 is 27.5 Å². The fourth-order valence-electron chi connectivity index (χ4n) is 4.12. The Balaban J connectivity index is 1.51. The first-order chi connectivity index (χ1) is 17.8. The fraction of sp³-hybridized carbons (Fsp3) is 0.360. The lowest BCUT2D eigenvalue weighted by Crippen LogP contribution is -2.49. The van der Waals surface area contributed by atoms with E-state index in [1.54, 1.807) is 48.5 Å². The number of hydrogen-bond donors (Lipinski definition) is 2. The Hall–Kier alpha value is -3.61. The number of rotatable bonds is 6. The van der Waals surface area contributed by atoms with Crippen molar-refractivity contribution < 1.29 is 22.7 Å². The molecule has 0 spiro atoms. The van der Waals surface area contributed by atoms with Crippen LogP contribution in [0.15, 0.2) is 53.4 Å². The molecular weight excluding hydrogens is 496 g/mol. The monoisotopic (exact) mass is 524 g/mol. The fourth-order valence-corrected chi connectivity index (χ4v) is 5.00. The number of urea groups is 1. The number of nitrogens with one attached hydrogen (secondary N) is 2. The largest absolute Gasteiger partial charge is 0.377 e. The van der Waals surface area contributed by atoms with Gasteiger partial charge >= 0.3 is 6.03 Å². The lowest BCUT2D eigenvalue weighted by molar-refractivity contribution is 0.000735. The van der Waals surface area contributed by atoms with E-state index in [0.29, 0.717) is 61.6 Å². The lowest BCUT2D eigenvalue weighted by atomic mass is 10.1. The summed E-state index contributed by atoms with van der Waals surface area (Å²) in [6.07, 6.45) is 1.17. The Morgan fingerprint density at radius 1 is 0.973 bits per heavy atom. The molecule has 2 amide bonds. The Bertz CT molecular complexity index is 1390. The molecule has 2 aliphatic heterocycles. The second-order valence-electron chi connectivity index (χ2n) is 9.08. The molecule has 12 heteroatoms. The Labute approximate surface area is 215 Å². The van der Waals surface area contributed by atoms with Gasteiger partial charge in [-0.1, -0.05) is 12.1 Å².